The van der Waals surface area contributed by atoms with Gasteiger partial charge in [-0.1, -0.05) is 24.3 Å². The number of benzene rings is 3. The maximum Gasteiger partial charge on any atom is 0.573 e. The van der Waals surface area contributed by atoms with E-state index in [4.69, 9.17) is 10.00 Å². The Hall–Kier alpha value is -4.72. The summed E-state index contributed by atoms with van der Waals surface area (Å²) in [5, 5.41) is 17.4. The van der Waals surface area contributed by atoms with Crippen molar-refractivity contribution in [3.05, 3.63) is 89.5 Å². The van der Waals surface area contributed by atoms with Crippen LogP contribution in [0, 0.1) is 11.3 Å². The van der Waals surface area contributed by atoms with Crippen LogP contribution in [0.5, 0.6) is 11.5 Å². The number of hydrogen-bond acceptors (Lipinski definition) is 5. The molecule has 3 amide bonds. The predicted octanol–water partition coefficient (Wildman–Crippen LogP) is 5.05. The topological polar surface area (TPSA) is 112 Å². The minimum Gasteiger partial charge on any atom is -0.497 e. The van der Waals surface area contributed by atoms with Crippen molar-refractivity contribution < 1.29 is 32.2 Å². The Morgan fingerprint density at radius 2 is 1.60 bits per heavy atom. The number of nitriles is 1. The third-order valence-corrected chi connectivity index (χ3v) is 6.65. The third-order valence-electron chi connectivity index (χ3n) is 6.65. The average molecular weight is 553 g/mol. The number of ether oxygens (including phenoxy) is 2. The standard InChI is InChI=1S/C29H27F3N4O4/c1-39-23-12-8-22(9-13-23)35-27(38)36-25(16-19-2-4-20(17-33)5-3-19)26(37)34-18-28(14-15-28)21-6-10-24(11-7-21)40-29(30,31)32/h2-13,25H,14-16,18H2,1H3,(H,34,37)(H2,35,36,38)/t25-/m0/s1. The molecule has 40 heavy (non-hydrogen) atoms. The zero-order valence-corrected chi connectivity index (χ0v) is 21.5. The summed E-state index contributed by atoms with van der Waals surface area (Å²) >= 11 is 0. The molecule has 0 heterocycles. The van der Waals surface area contributed by atoms with Crippen molar-refractivity contribution in [3.8, 4) is 17.6 Å². The van der Waals surface area contributed by atoms with Gasteiger partial charge in [-0.05, 0) is 72.5 Å². The lowest BCUT2D eigenvalue weighted by atomic mass is 9.95. The maximum atomic E-state index is 13.3. The quantitative estimate of drug-likeness (QED) is 0.326. The molecule has 3 N–H and O–H groups in total. The monoisotopic (exact) mass is 552 g/mol. The Bertz CT molecular complexity index is 1360. The number of methoxy groups -OCH3 is 1. The van der Waals surface area contributed by atoms with Crippen LogP contribution in [0.15, 0.2) is 72.8 Å². The second-order valence-electron chi connectivity index (χ2n) is 9.46. The van der Waals surface area contributed by atoms with Crippen molar-refractivity contribution in [3.63, 3.8) is 0 Å². The van der Waals surface area contributed by atoms with E-state index in [2.05, 4.69) is 20.7 Å². The number of nitrogens with one attached hydrogen (secondary N) is 3. The molecule has 1 saturated carbocycles. The lowest BCUT2D eigenvalue weighted by molar-refractivity contribution is -0.274. The molecule has 1 aliphatic rings. The summed E-state index contributed by atoms with van der Waals surface area (Å²) in [4.78, 5) is 26.1. The summed E-state index contributed by atoms with van der Waals surface area (Å²) < 4.78 is 46.5. The molecule has 0 spiro atoms. The van der Waals surface area contributed by atoms with Crippen molar-refractivity contribution in [2.45, 2.75) is 37.1 Å². The number of carbonyl (C=O) groups is 2. The summed E-state index contributed by atoms with van der Waals surface area (Å²) in [5.74, 6) is -0.108. The van der Waals surface area contributed by atoms with Crippen LogP contribution in [-0.2, 0) is 16.6 Å². The van der Waals surface area contributed by atoms with Crippen LogP contribution in [0.25, 0.3) is 0 Å². The number of nitrogens with zero attached hydrogens (tertiary/aromatic N) is 1. The Morgan fingerprint density at radius 1 is 0.975 bits per heavy atom. The van der Waals surface area contributed by atoms with Gasteiger partial charge >= 0.3 is 12.4 Å². The Balaban J connectivity index is 1.42. The Kier molecular flexibility index (Phi) is 8.48. The molecule has 1 fully saturated rings. The first-order valence-electron chi connectivity index (χ1n) is 12.4. The number of anilines is 1. The van der Waals surface area contributed by atoms with Crippen LogP contribution in [0.4, 0.5) is 23.7 Å². The zero-order chi connectivity index (χ0) is 28.8. The van der Waals surface area contributed by atoms with Crippen molar-refractivity contribution in [1.29, 1.82) is 5.26 Å². The average Bonchev–Trinajstić information content (AvgIpc) is 3.73. The molecule has 1 aliphatic carbocycles. The van der Waals surface area contributed by atoms with Gasteiger partial charge in [0, 0.05) is 24.1 Å². The lowest BCUT2D eigenvalue weighted by Gasteiger charge is -2.22. The van der Waals surface area contributed by atoms with E-state index in [0.29, 0.717) is 17.0 Å². The van der Waals surface area contributed by atoms with Gasteiger partial charge in [0.2, 0.25) is 5.91 Å². The fraction of sp³-hybridized carbons (Fsp3) is 0.276. The molecule has 1 atom stereocenters. The molecule has 0 radical (unpaired) electrons. The van der Waals surface area contributed by atoms with E-state index in [9.17, 15) is 22.8 Å². The highest BCUT2D eigenvalue weighted by Gasteiger charge is 2.44. The van der Waals surface area contributed by atoms with Crippen LogP contribution in [0.1, 0.15) is 29.5 Å². The number of hydrogen-bond donors (Lipinski definition) is 3. The molecular weight excluding hydrogens is 525 g/mol. The molecule has 0 aromatic heterocycles. The van der Waals surface area contributed by atoms with Gasteiger partial charge in [0.05, 0.1) is 18.7 Å². The van der Waals surface area contributed by atoms with E-state index in [-0.39, 0.29) is 18.7 Å². The van der Waals surface area contributed by atoms with E-state index in [0.717, 1.165) is 24.0 Å². The van der Waals surface area contributed by atoms with Crippen LogP contribution < -0.4 is 25.4 Å². The van der Waals surface area contributed by atoms with Gasteiger partial charge in [-0.15, -0.1) is 13.2 Å². The van der Waals surface area contributed by atoms with E-state index in [1.165, 1.54) is 19.2 Å². The number of rotatable bonds is 10. The van der Waals surface area contributed by atoms with Crippen molar-refractivity contribution >= 4 is 17.6 Å². The largest absolute Gasteiger partial charge is 0.573 e. The first-order chi connectivity index (χ1) is 19.1. The molecule has 11 heteroatoms. The summed E-state index contributed by atoms with van der Waals surface area (Å²) in [7, 11) is 1.53. The molecule has 0 unspecified atom stereocenters. The molecule has 0 bridgehead atoms. The van der Waals surface area contributed by atoms with Gasteiger partial charge in [-0.3, -0.25) is 4.79 Å². The molecule has 3 aromatic rings. The molecule has 0 saturated heterocycles. The van der Waals surface area contributed by atoms with Crippen LogP contribution >= 0.6 is 0 Å². The summed E-state index contributed by atoms with van der Waals surface area (Å²) in [6.07, 6.45) is -3.11. The first kappa shape index (κ1) is 28.3. The fourth-order valence-electron chi connectivity index (χ4n) is 4.27. The van der Waals surface area contributed by atoms with Crippen LogP contribution in [-0.4, -0.2) is 38.0 Å². The third kappa shape index (κ3) is 7.66. The normalized spacial score (nSPS) is 14.3. The second-order valence-corrected chi connectivity index (χ2v) is 9.46. The summed E-state index contributed by atoms with van der Waals surface area (Å²) in [6, 6.07) is 19.6. The summed E-state index contributed by atoms with van der Waals surface area (Å²) in [6.45, 7) is 0.247. The number of halogens is 3. The predicted molar refractivity (Wildman–Crippen MR) is 141 cm³/mol. The van der Waals surface area contributed by atoms with E-state index in [1.807, 2.05) is 6.07 Å². The highest BCUT2D eigenvalue weighted by molar-refractivity contribution is 5.94. The number of amides is 3. The highest BCUT2D eigenvalue weighted by Crippen LogP contribution is 2.48. The SMILES string of the molecule is COc1ccc(NC(=O)N[C@@H](Cc2ccc(C#N)cc2)C(=O)NCC2(c3ccc(OC(F)(F)F)cc3)CC2)cc1. The number of urea groups is 1. The van der Waals surface area contributed by atoms with E-state index in [1.54, 1.807) is 60.7 Å². The van der Waals surface area contributed by atoms with Gasteiger partial charge in [0.15, 0.2) is 0 Å². The Morgan fingerprint density at radius 3 is 2.15 bits per heavy atom. The maximum absolute atomic E-state index is 13.3. The van der Waals surface area contributed by atoms with E-state index >= 15 is 0 Å². The minimum absolute atomic E-state index is 0.171. The van der Waals surface area contributed by atoms with Gasteiger partial charge in [-0.25, -0.2) is 4.79 Å². The lowest BCUT2D eigenvalue weighted by Crippen LogP contribution is -2.50. The molecule has 208 valence electrons. The zero-order valence-electron chi connectivity index (χ0n) is 21.5. The van der Waals surface area contributed by atoms with Gasteiger partial charge in [0.25, 0.3) is 0 Å². The van der Waals surface area contributed by atoms with Crippen LogP contribution in [0.2, 0.25) is 0 Å². The van der Waals surface area contributed by atoms with Crippen molar-refractivity contribution in [2.24, 2.45) is 0 Å². The second kappa shape index (κ2) is 12.0. The molecule has 0 aliphatic heterocycles. The Labute approximate surface area is 229 Å². The number of carbonyl (C=O) groups excluding carboxylic acids is 2. The first-order valence-corrected chi connectivity index (χ1v) is 12.4. The number of alkyl halides is 3. The highest BCUT2D eigenvalue weighted by atomic mass is 19.4. The van der Waals surface area contributed by atoms with E-state index < -0.39 is 29.8 Å². The van der Waals surface area contributed by atoms with Crippen LogP contribution in [0.3, 0.4) is 0 Å². The molecular formula is C29H27F3N4O4. The fourth-order valence-corrected chi connectivity index (χ4v) is 4.27. The smallest absolute Gasteiger partial charge is 0.497 e. The van der Waals surface area contributed by atoms with Crippen molar-refractivity contribution in [2.75, 3.05) is 19.0 Å². The van der Waals surface area contributed by atoms with Crippen molar-refractivity contribution in [1.82, 2.24) is 10.6 Å². The van der Waals surface area contributed by atoms with Gasteiger partial charge in [-0.2, -0.15) is 5.26 Å². The van der Waals surface area contributed by atoms with Gasteiger partial charge in [0.1, 0.15) is 17.5 Å². The molecule has 4 rings (SSSR count). The van der Waals surface area contributed by atoms with Gasteiger partial charge < -0.3 is 25.4 Å². The minimum atomic E-state index is -4.77. The summed E-state index contributed by atoms with van der Waals surface area (Å²) in [5.41, 5.74) is 2.10. The molecule has 8 nitrogen and oxygen atoms in total. The molecule has 3 aromatic carbocycles.